The summed E-state index contributed by atoms with van der Waals surface area (Å²) in [4.78, 5) is 2.73. The highest BCUT2D eigenvalue weighted by molar-refractivity contribution is 9.10. The number of nitrogens with two attached hydrogens (primary N) is 1. The van der Waals surface area contributed by atoms with Crippen LogP contribution in [0.1, 0.15) is 36.6 Å². The molecule has 0 radical (unpaired) electrons. The maximum atomic E-state index is 13.3. The van der Waals surface area contributed by atoms with E-state index in [-0.39, 0.29) is 11.4 Å². The van der Waals surface area contributed by atoms with Gasteiger partial charge >= 0.3 is 0 Å². The molecule has 2 aromatic carbocycles. The normalized spacial score (nSPS) is 11.5. The highest BCUT2D eigenvalue weighted by Crippen LogP contribution is 2.32. The van der Waals surface area contributed by atoms with E-state index < -0.39 is 11.8 Å². The lowest BCUT2D eigenvalue weighted by Crippen LogP contribution is -2.09. The van der Waals surface area contributed by atoms with Crippen molar-refractivity contribution in [2.45, 2.75) is 39.5 Å². The number of aromatic nitrogens is 4. The van der Waals surface area contributed by atoms with Crippen molar-refractivity contribution >= 4 is 43.2 Å². The fraction of sp³-hybridized carbons (Fsp3) is 0.250. The minimum absolute atomic E-state index is 0.262. The molecule has 4 rings (SSSR count). The monoisotopic (exact) mass is 656 g/mol. The molecular formula is C24H22Br2F4N8. The van der Waals surface area contributed by atoms with Crippen molar-refractivity contribution < 1.29 is 17.6 Å². The number of aryl methyl sites for hydroxylation is 2. The van der Waals surface area contributed by atoms with Crippen molar-refractivity contribution in [3.05, 3.63) is 90.7 Å². The number of halogens is 6. The standard InChI is InChI=1S/C12H10BrF2N5.C12H12BrF2N3/c1-7-5-11(12(2,14)15)18-20(7)10-4-3-8(13)6-9(10)17-19-16;1-7-5-11(12(2,14)15)17-18(7)10-4-3-8(13)6-9(10)16/h3-6H,1-2H3;3-6H,16H2,1-2H3. The molecule has 0 spiro atoms. The second kappa shape index (κ2) is 11.2. The summed E-state index contributed by atoms with van der Waals surface area (Å²) in [5, 5.41) is 11.4. The zero-order valence-electron chi connectivity index (χ0n) is 20.6. The Hall–Kier alpha value is -3.35. The predicted molar refractivity (Wildman–Crippen MR) is 144 cm³/mol. The van der Waals surface area contributed by atoms with Gasteiger partial charge in [0.15, 0.2) is 0 Å². The first kappa shape index (κ1) is 29.2. The second-order valence-electron chi connectivity index (χ2n) is 8.47. The SMILES string of the molecule is Cc1cc(C(C)(F)F)nn1-c1ccc(Br)cc1N.Cc1cc(C(C)(F)F)nn1-c1ccc(Br)cc1N=[N+]=[N-]. The maximum Gasteiger partial charge on any atom is 0.288 e. The number of hydrogen-bond donors (Lipinski definition) is 1. The fourth-order valence-corrected chi connectivity index (χ4v) is 4.12. The van der Waals surface area contributed by atoms with Gasteiger partial charge in [-0.3, -0.25) is 0 Å². The number of anilines is 1. The Labute approximate surface area is 232 Å². The molecule has 14 heteroatoms. The third-order valence-electron chi connectivity index (χ3n) is 5.21. The van der Waals surface area contributed by atoms with Crippen LogP contribution in [0.3, 0.4) is 0 Å². The van der Waals surface area contributed by atoms with E-state index in [1.54, 1.807) is 50.2 Å². The molecule has 2 heterocycles. The molecule has 0 aliphatic heterocycles. The molecule has 8 nitrogen and oxygen atoms in total. The number of nitrogen functional groups attached to an aromatic ring is 1. The molecule has 0 atom stereocenters. The van der Waals surface area contributed by atoms with Gasteiger partial charge in [-0.05, 0) is 67.9 Å². The summed E-state index contributed by atoms with van der Waals surface area (Å²) in [6.45, 7) is 4.98. The molecule has 0 amide bonds. The van der Waals surface area contributed by atoms with Gasteiger partial charge in [0.05, 0.1) is 22.7 Å². The molecule has 38 heavy (non-hydrogen) atoms. The number of hydrogen-bond acceptors (Lipinski definition) is 4. The van der Waals surface area contributed by atoms with Gasteiger partial charge in [0.25, 0.3) is 11.8 Å². The van der Waals surface area contributed by atoms with Gasteiger partial charge < -0.3 is 5.73 Å². The number of alkyl halides is 4. The second-order valence-corrected chi connectivity index (χ2v) is 10.3. The quantitative estimate of drug-likeness (QED) is 0.0762. The van der Waals surface area contributed by atoms with Gasteiger partial charge in [0, 0.05) is 39.1 Å². The Bertz CT molecular complexity index is 1510. The highest BCUT2D eigenvalue weighted by atomic mass is 79.9. The Morgan fingerprint density at radius 2 is 1.26 bits per heavy atom. The van der Waals surface area contributed by atoms with Gasteiger partial charge in [0.1, 0.15) is 11.4 Å². The summed E-state index contributed by atoms with van der Waals surface area (Å²) in [5.41, 5.74) is 16.8. The summed E-state index contributed by atoms with van der Waals surface area (Å²) in [7, 11) is 0. The number of rotatable bonds is 5. The third-order valence-corrected chi connectivity index (χ3v) is 6.20. The van der Waals surface area contributed by atoms with Crippen molar-refractivity contribution in [3.63, 3.8) is 0 Å². The van der Waals surface area contributed by atoms with Crippen LogP contribution in [-0.2, 0) is 11.8 Å². The average molecular weight is 658 g/mol. The molecule has 0 unspecified atom stereocenters. The van der Waals surface area contributed by atoms with Crippen LogP contribution in [0.25, 0.3) is 21.8 Å². The Balaban J connectivity index is 0.000000212. The van der Waals surface area contributed by atoms with Crippen molar-refractivity contribution in [1.82, 2.24) is 19.6 Å². The van der Waals surface area contributed by atoms with Crippen LogP contribution in [-0.4, -0.2) is 19.6 Å². The lowest BCUT2D eigenvalue weighted by molar-refractivity contribution is 0.0118. The maximum absolute atomic E-state index is 13.3. The minimum atomic E-state index is -3.02. The van der Waals surface area contributed by atoms with Crippen LogP contribution < -0.4 is 5.73 Å². The van der Waals surface area contributed by atoms with Crippen LogP contribution in [0, 0.1) is 13.8 Å². The van der Waals surface area contributed by atoms with Crippen LogP contribution in [0.2, 0.25) is 0 Å². The average Bonchev–Trinajstić information content (AvgIpc) is 3.38. The molecule has 0 bridgehead atoms. The molecule has 0 aliphatic carbocycles. The number of nitrogens with zero attached hydrogens (tertiary/aromatic N) is 7. The van der Waals surface area contributed by atoms with Gasteiger partial charge in [-0.15, -0.1) is 0 Å². The number of azide groups is 1. The largest absolute Gasteiger partial charge is 0.397 e. The predicted octanol–water partition coefficient (Wildman–Crippen LogP) is 8.63. The van der Waals surface area contributed by atoms with E-state index in [0.29, 0.717) is 34.1 Å². The first-order chi connectivity index (χ1) is 17.6. The van der Waals surface area contributed by atoms with Crippen molar-refractivity contribution in [2.24, 2.45) is 5.11 Å². The molecule has 4 aromatic rings. The Kier molecular flexibility index (Phi) is 8.59. The zero-order valence-corrected chi connectivity index (χ0v) is 23.8. The van der Waals surface area contributed by atoms with Crippen LogP contribution in [0.5, 0.6) is 0 Å². The molecule has 0 saturated heterocycles. The first-order valence-electron chi connectivity index (χ1n) is 10.9. The molecule has 200 valence electrons. The molecule has 0 aliphatic rings. The summed E-state index contributed by atoms with van der Waals surface area (Å²) in [5.74, 6) is -5.98. The van der Waals surface area contributed by atoms with E-state index in [9.17, 15) is 17.6 Å². The van der Waals surface area contributed by atoms with E-state index >= 15 is 0 Å². The molecular weight excluding hydrogens is 636 g/mol. The zero-order chi connectivity index (χ0) is 28.4. The van der Waals surface area contributed by atoms with E-state index in [1.165, 1.54) is 21.5 Å². The molecule has 2 aromatic heterocycles. The number of benzene rings is 2. The van der Waals surface area contributed by atoms with E-state index in [0.717, 1.165) is 22.8 Å². The first-order valence-corrected chi connectivity index (χ1v) is 12.5. The van der Waals surface area contributed by atoms with E-state index in [1.807, 2.05) is 0 Å². The summed E-state index contributed by atoms with van der Waals surface area (Å²) < 4.78 is 57.4. The molecule has 0 saturated carbocycles. The van der Waals surface area contributed by atoms with Crippen LogP contribution in [0.15, 0.2) is 62.6 Å². The lowest BCUT2D eigenvalue weighted by atomic mass is 10.2. The summed E-state index contributed by atoms with van der Waals surface area (Å²) >= 11 is 6.56. The Morgan fingerprint density at radius 1 is 0.816 bits per heavy atom. The van der Waals surface area contributed by atoms with Gasteiger partial charge in [-0.1, -0.05) is 37.0 Å². The topological polar surface area (TPSA) is 110 Å². The summed E-state index contributed by atoms with van der Waals surface area (Å²) in [6, 6.07) is 12.9. The van der Waals surface area contributed by atoms with Gasteiger partial charge in [0.2, 0.25) is 0 Å². The minimum Gasteiger partial charge on any atom is -0.397 e. The third kappa shape index (κ3) is 6.74. The highest BCUT2D eigenvalue weighted by Gasteiger charge is 2.29. The van der Waals surface area contributed by atoms with E-state index in [2.05, 4.69) is 52.1 Å². The molecule has 0 fully saturated rings. The van der Waals surface area contributed by atoms with Crippen molar-refractivity contribution in [2.75, 3.05) is 5.73 Å². The summed E-state index contributed by atoms with van der Waals surface area (Å²) in [6.07, 6.45) is 0. The van der Waals surface area contributed by atoms with Crippen molar-refractivity contribution in [1.29, 1.82) is 0 Å². The van der Waals surface area contributed by atoms with E-state index in [4.69, 9.17) is 11.3 Å². The van der Waals surface area contributed by atoms with Crippen molar-refractivity contribution in [3.8, 4) is 11.4 Å². The lowest BCUT2D eigenvalue weighted by Gasteiger charge is -2.09. The van der Waals surface area contributed by atoms with Gasteiger partial charge in [-0.2, -0.15) is 27.8 Å². The Morgan fingerprint density at radius 3 is 1.68 bits per heavy atom. The van der Waals surface area contributed by atoms with Gasteiger partial charge in [-0.25, -0.2) is 9.36 Å². The smallest absolute Gasteiger partial charge is 0.288 e. The van der Waals surface area contributed by atoms with Crippen LogP contribution in [0.4, 0.5) is 28.9 Å². The fourth-order valence-electron chi connectivity index (χ4n) is 3.39. The molecule has 2 N–H and O–H groups in total. The van der Waals surface area contributed by atoms with Crippen LogP contribution >= 0.6 is 31.9 Å².